The van der Waals surface area contributed by atoms with Gasteiger partial charge in [0.25, 0.3) is 0 Å². The van der Waals surface area contributed by atoms with Gasteiger partial charge in [0.15, 0.2) is 0 Å². The first kappa shape index (κ1) is 5.90. The molecule has 0 saturated heterocycles. The first-order chi connectivity index (χ1) is 4.33. The topological polar surface area (TPSA) is 26.3 Å². The Hall–Kier alpha value is -1.23. The molecule has 0 aliphatic carbocycles. The molecule has 0 atom stereocenters. The zero-order valence-corrected chi connectivity index (χ0v) is 4.89. The quantitative estimate of drug-likeness (QED) is 0.345. The molecule has 2 heteroatoms. The van der Waals surface area contributed by atoms with Gasteiger partial charge in [0.1, 0.15) is 0 Å². The number of hydrogen-bond acceptors (Lipinski definition) is 2. The van der Waals surface area contributed by atoms with Gasteiger partial charge in [-0.3, -0.25) is 0 Å². The Labute approximate surface area is 53.5 Å². The van der Waals surface area contributed by atoms with Crippen LogP contribution in [-0.2, 0) is 9.53 Å². The number of rotatable bonds is 0. The normalized spacial score (nSPS) is 17.7. The molecular formula is C7H6O2. The van der Waals surface area contributed by atoms with Gasteiger partial charge < -0.3 is 4.74 Å². The summed E-state index contributed by atoms with van der Waals surface area (Å²) in [4.78, 5) is 10.4. The van der Waals surface area contributed by atoms with Gasteiger partial charge in [0.05, 0.1) is 6.61 Å². The van der Waals surface area contributed by atoms with Crippen molar-refractivity contribution < 1.29 is 9.53 Å². The molecule has 0 aromatic heterocycles. The largest absolute Gasteiger partial charge is 0.462 e. The lowest BCUT2D eigenvalue weighted by atomic mass is 10.2. The lowest BCUT2D eigenvalue weighted by molar-refractivity contribution is -0.138. The van der Waals surface area contributed by atoms with Crippen LogP contribution < -0.4 is 0 Å². The molecule has 1 aliphatic rings. The van der Waals surface area contributed by atoms with Crippen molar-refractivity contribution in [3.63, 3.8) is 0 Å². The summed E-state index contributed by atoms with van der Waals surface area (Å²) in [7, 11) is 0. The Morgan fingerprint density at radius 1 is 1.78 bits per heavy atom. The molecule has 1 rings (SSSR count). The summed E-state index contributed by atoms with van der Waals surface area (Å²) in [6, 6.07) is 0. The van der Waals surface area contributed by atoms with Crippen molar-refractivity contribution in [1.29, 1.82) is 0 Å². The maximum Gasteiger partial charge on any atom is 0.331 e. The molecule has 2 nitrogen and oxygen atoms in total. The van der Waals surface area contributed by atoms with Crippen LogP contribution in [0.15, 0.2) is 11.6 Å². The highest BCUT2D eigenvalue weighted by Gasteiger charge is 2.06. The lowest BCUT2D eigenvalue weighted by Crippen LogP contribution is -2.09. The molecule has 0 spiro atoms. The minimum atomic E-state index is -0.325. The molecule has 0 fully saturated rings. The summed E-state index contributed by atoms with van der Waals surface area (Å²) in [6.45, 7) is 0.425. The number of ether oxygens (including phenoxy) is 1. The Morgan fingerprint density at radius 3 is 3.00 bits per heavy atom. The van der Waals surface area contributed by atoms with Gasteiger partial charge in [-0.2, -0.15) is 0 Å². The van der Waals surface area contributed by atoms with E-state index in [1.54, 1.807) is 0 Å². The van der Waals surface area contributed by atoms with E-state index in [1.807, 2.05) is 0 Å². The Kier molecular flexibility index (Phi) is 1.55. The van der Waals surface area contributed by atoms with Crippen LogP contribution in [-0.4, -0.2) is 12.6 Å². The molecule has 0 aromatic rings. The van der Waals surface area contributed by atoms with E-state index < -0.39 is 0 Å². The number of carbonyl (C=O) groups excluding carboxylic acids is 1. The fourth-order valence-corrected chi connectivity index (χ4v) is 0.632. The van der Waals surface area contributed by atoms with E-state index in [2.05, 4.69) is 10.7 Å². The number of esters is 1. The van der Waals surface area contributed by atoms with E-state index in [0.717, 1.165) is 5.57 Å². The third-order valence-electron chi connectivity index (χ3n) is 1.09. The molecule has 1 heterocycles. The molecule has 1 aliphatic heterocycles. The van der Waals surface area contributed by atoms with Crippen LogP contribution in [0, 0.1) is 12.3 Å². The van der Waals surface area contributed by atoms with Gasteiger partial charge in [0, 0.05) is 18.1 Å². The second kappa shape index (κ2) is 2.36. The molecule has 46 valence electrons. The zero-order chi connectivity index (χ0) is 6.69. The van der Waals surface area contributed by atoms with E-state index in [0.29, 0.717) is 13.0 Å². The van der Waals surface area contributed by atoms with E-state index in [1.165, 1.54) is 6.08 Å². The van der Waals surface area contributed by atoms with Gasteiger partial charge in [-0.05, 0) is 0 Å². The standard InChI is InChI=1S/C7H6O2/c1-2-6-3-4-9-7(8)5-6/h1,5H,3-4H2. The van der Waals surface area contributed by atoms with E-state index in [9.17, 15) is 4.79 Å². The monoisotopic (exact) mass is 122 g/mol. The number of hydrogen-bond donors (Lipinski definition) is 0. The van der Waals surface area contributed by atoms with Crippen LogP contribution in [0.1, 0.15) is 6.42 Å². The third-order valence-corrected chi connectivity index (χ3v) is 1.09. The molecule has 0 saturated carbocycles. The molecule has 0 N–H and O–H groups in total. The number of carbonyl (C=O) groups is 1. The van der Waals surface area contributed by atoms with Crippen molar-refractivity contribution in [2.24, 2.45) is 0 Å². The van der Waals surface area contributed by atoms with Crippen molar-refractivity contribution >= 4 is 5.97 Å². The molecule has 0 aromatic carbocycles. The summed E-state index contributed by atoms with van der Waals surface area (Å²) < 4.78 is 4.60. The van der Waals surface area contributed by atoms with Crippen LogP contribution in [0.2, 0.25) is 0 Å². The van der Waals surface area contributed by atoms with Crippen LogP contribution in [0.4, 0.5) is 0 Å². The summed E-state index contributed by atoms with van der Waals surface area (Å²) >= 11 is 0. The van der Waals surface area contributed by atoms with E-state index >= 15 is 0 Å². The highest BCUT2D eigenvalue weighted by Crippen LogP contribution is 2.05. The fraction of sp³-hybridized carbons (Fsp3) is 0.286. The summed E-state index contributed by atoms with van der Waals surface area (Å²) in [5, 5.41) is 0. The average molecular weight is 122 g/mol. The first-order valence-corrected chi connectivity index (χ1v) is 2.67. The predicted molar refractivity (Wildman–Crippen MR) is 32.5 cm³/mol. The first-order valence-electron chi connectivity index (χ1n) is 2.67. The second-order valence-corrected chi connectivity index (χ2v) is 1.73. The average Bonchev–Trinajstić information content (AvgIpc) is 1.88. The Bertz CT molecular complexity index is 195. The highest BCUT2D eigenvalue weighted by atomic mass is 16.5. The van der Waals surface area contributed by atoms with Gasteiger partial charge in [-0.15, -0.1) is 6.42 Å². The molecular weight excluding hydrogens is 116 g/mol. The van der Waals surface area contributed by atoms with Crippen LogP contribution in [0.3, 0.4) is 0 Å². The van der Waals surface area contributed by atoms with Gasteiger partial charge in [-0.25, -0.2) is 4.79 Å². The van der Waals surface area contributed by atoms with Gasteiger partial charge in [0.2, 0.25) is 0 Å². The maximum absolute atomic E-state index is 10.4. The molecule has 0 unspecified atom stereocenters. The molecule has 9 heavy (non-hydrogen) atoms. The van der Waals surface area contributed by atoms with Crippen molar-refractivity contribution in [2.45, 2.75) is 6.42 Å². The van der Waals surface area contributed by atoms with E-state index in [4.69, 9.17) is 6.42 Å². The van der Waals surface area contributed by atoms with Crippen molar-refractivity contribution in [1.82, 2.24) is 0 Å². The minimum absolute atomic E-state index is 0.325. The minimum Gasteiger partial charge on any atom is -0.462 e. The Balaban J connectivity index is 2.74. The molecule has 0 radical (unpaired) electrons. The van der Waals surface area contributed by atoms with Crippen molar-refractivity contribution in [2.75, 3.05) is 6.61 Å². The predicted octanol–water partition coefficient (Wildman–Crippen LogP) is 0.493. The maximum atomic E-state index is 10.4. The highest BCUT2D eigenvalue weighted by molar-refractivity contribution is 5.84. The Morgan fingerprint density at radius 2 is 2.56 bits per heavy atom. The van der Waals surface area contributed by atoms with Crippen molar-refractivity contribution in [3.8, 4) is 12.3 Å². The van der Waals surface area contributed by atoms with E-state index in [-0.39, 0.29) is 5.97 Å². The summed E-state index contributed by atoms with van der Waals surface area (Å²) in [6.07, 6.45) is 7.07. The molecule has 0 amide bonds. The van der Waals surface area contributed by atoms with Gasteiger partial charge >= 0.3 is 5.97 Å². The van der Waals surface area contributed by atoms with Gasteiger partial charge in [-0.1, -0.05) is 5.92 Å². The summed E-state index contributed by atoms with van der Waals surface area (Å²) in [5.41, 5.74) is 0.728. The zero-order valence-electron chi connectivity index (χ0n) is 4.89. The smallest absolute Gasteiger partial charge is 0.331 e. The van der Waals surface area contributed by atoms with Crippen LogP contribution in [0.25, 0.3) is 0 Å². The molecule has 0 bridgehead atoms. The van der Waals surface area contributed by atoms with Crippen LogP contribution in [0.5, 0.6) is 0 Å². The number of cyclic esters (lactones) is 1. The SMILES string of the molecule is C#CC1=CC(=O)OCC1. The lowest BCUT2D eigenvalue weighted by Gasteiger charge is -2.06. The van der Waals surface area contributed by atoms with Crippen LogP contribution >= 0.6 is 0 Å². The second-order valence-electron chi connectivity index (χ2n) is 1.73. The summed E-state index contributed by atoms with van der Waals surface area (Å²) in [5.74, 6) is 2.07. The number of terminal acetylenes is 1. The third kappa shape index (κ3) is 1.33. The fourth-order valence-electron chi connectivity index (χ4n) is 0.632. The van der Waals surface area contributed by atoms with Crippen molar-refractivity contribution in [3.05, 3.63) is 11.6 Å².